The van der Waals surface area contributed by atoms with Crippen molar-refractivity contribution < 1.29 is 4.74 Å². The zero-order valence-electron chi connectivity index (χ0n) is 18.4. The molecule has 0 aromatic heterocycles. The van der Waals surface area contributed by atoms with Crippen molar-refractivity contribution in [2.24, 2.45) is 0 Å². The van der Waals surface area contributed by atoms with Crippen molar-refractivity contribution in [3.8, 4) is 0 Å². The van der Waals surface area contributed by atoms with Crippen LogP contribution in [-0.2, 0) is 11.3 Å². The summed E-state index contributed by atoms with van der Waals surface area (Å²) in [6.07, 6.45) is 7.67. The van der Waals surface area contributed by atoms with Crippen LogP contribution in [0.3, 0.4) is 0 Å². The van der Waals surface area contributed by atoms with Gasteiger partial charge in [-0.1, -0.05) is 57.4 Å². The molecule has 0 amide bonds. The van der Waals surface area contributed by atoms with E-state index in [2.05, 4.69) is 53.2 Å². The third-order valence-corrected chi connectivity index (χ3v) is 6.62. The first kappa shape index (κ1) is 22.5. The third-order valence-electron chi connectivity index (χ3n) is 6.25. The van der Waals surface area contributed by atoms with Crippen molar-refractivity contribution in [2.45, 2.75) is 70.9 Å². The van der Waals surface area contributed by atoms with E-state index in [-0.39, 0.29) is 0 Å². The molecule has 3 rings (SSSR count). The van der Waals surface area contributed by atoms with Crippen LogP contribution in [0.5, 0.6) is 0 Å². The summed E-state index contributed by atoms with van der Waals surface area (Å²) in [4.78, 5) is 4.89. The Morgan fingerprint density at radius 1 is 1.14 bits per heavy atom. The van der Waals surface area contributed by atoms with Gasteiger partial charge in [-0.05, 0) is 48.5 Å². The lowest BCUT2D eigenvalue weighted by molar-refractivity contribution is 0.0367. The molecule has 1 saturated heterocycles. The number of hydrogen-bond donors (Lipinski definition) is 1. The molecule has 29 heavy (non-hydrogen) atoms. The monoisotopic (exact) mass is 417 g/mol. The lowest BCUT2D eigenvalue weighted by Crippen LogP contribution is -2.46. The molecule has 2 fully saturated rings. The van der Waals surface area contributed by atoms with E-state index in [0.717, 1.165) is 57.5 Å². The lowest BCUT2D eigenvalue weighted by atomic mass is 9.96. The maximum atomic E-state index is 5.87. The molecule has 0 radical (unpaired) electrons. The Balaban J connectivity index is 1.57. The highest BCUT2D eigenvalue weighted by Crippen LogP contribution is 2.19. The van der Waals surface area contributed by atoms with Gasteiger partial charge in [0, 0.05) is 38.8 Å². The standard InChI is InChI=1S/C24H39N3OS/c1-20(2)22-11-9-21(10-12-22)19-27(14-6-13-26-15-17-28-18-16-26)24(29)25-23-7-4-3-5-8-23/h9-12,20,23H,3-8,13-19H2,1-2H3,(H,25,29). The quantitative estimate of drug-likeness (QED) is 0.627. The molecule has 1 N–H and O–H groups in total. The summed E-state index contributed by atoms with van der Waals surface area (Å²) in [5, 5.41) is 4.62. The maximum absolute atomic E-state index is 5.87. The fourth-order valence-corrected chi connectivity index (χ4v) is 4.63. The summed E-state index contributed by atoms with van der Waals surface area (Å²) in [6, 6.07) is 9.63. The summed E-state index contributed by atoms with van der Waals surface area (Å²) in [6.45, 7) is 11.4. The minimum atomic E-state index is 0.557. The molecule has 0 spiro atoms. The van der Waals surface area contributed by atoms with E-state index < -0.39 is 0 Å². The zero-order chi connectivity index (χ0) is 20.5. The van der Waals surface area contributed by atoms with Gasteiger partial charge in [-0.25, -0.2) is 0 Å². The number of morpholine rings is 1. The molecule has 1 heterocycles. The second-order valence-electron chi connectivity index (χ2n) is 8.91. The Labute approximate surface area is 183 Å². The Bertz CT molecular complexity index is 607. The van der Waals surface area contributed by atoms with Crippen molar-refractivity contribution in [1.82, 2.24) is 15.1 Å². The van der Waals surface area contributed by atoms with Crippen LogP contribution in [0.2, 0.25) is 0 Å². The second-order valence-corrected chi connectivity index (χ2v) is 9.30. The molecule has 162 valence electrons. The summed E-state index contributed by atoms with van der Waals surface area (Å²) < 4.78 is 5.47. The van der Waals surface area contributed by atoms with Crippen LogP contribution in [0.15, 0.2) is 24.3 Å². The van der Waals surface area contributed by atoms with Gasteiger partial charge in [-0.2, -0.15) is 0 Å². The van der Waals surface area contributed by atoms with Gasteiger partial charge in [0.05, 0.1) is 13.2 Å². The number of nitrogens with one attached hydrogen (secondary N) is 1. The average molecular weight is 418 g/mol. The van der Waals surface area contributed by atoms with Crippen molar-refractivity contribution >= 4 is 17.3 Å². The van der Waals surface area contributed by atoms with E-state index in [9.17, 15) is 0 Å². The van der Waals surface area contributed by atoms with Crippen LogP contribution >= 0.6 is 12.2 Å². The van der Waals surface area contributed by atoms with Crippen molar-refractivity contribution in [3.05, 3.63) is 35.4 Å². The fourth-order valence-electron chi connectivity index (χ4n) is 4.30. The molecule has 1 saturated carbocycles. The second kappa shape index (κ2) is 11.9. The van der Waals surface area contributed by atoms with Crippen LogP contribution in [0.1, 0.15) is 69.4 Å². The predicted molar refractivity (Wildman–Crippen MR) is 125 cm³/mol. The molecule has 5 heteroatoms. The summed E-state index contributed by atoms with van der Waals surface area (Å²) in [5.41, 5.74) is 2.74. The Morgan fingerprint density at radius 2 is 1.83 bits per heavy atom. The van der Waals surface area contributed by atoms with Crippen LogP contribution in [0.4, 0.5) is 0 Å². The number of thiocarbonyl (C=S) groups is 1. The number of hydrogen-bond acceptors (Lipinski definition) is 3. The Morgan fingerprint density at radius 3 is 2.48 bits per heavy atom. The van der Waals surface area contributed by atoms with E-state index in [1.54, 1.807) is 0 Å². The number of benzene rings is 1. The van der Waals surface area contributed by atoms with E-state index >= 15 is 0 Å². The normalized spacial score (nSPS) is 18.7. The van der Waals surface area contributed by atoms with Gasteiger partial charge in [-0.15, -0.1) is 0 Å². The Kier molecular flexibility index (Phi) is 9.22. The van der Waals surface area contributed by atoms with Crippen LogP contribution < -0.4 is 5.32 Å². The largest absolute Gasteiger partial charge is 0.379 e. The predicted octanol–water partition coefficient (Wildman–Crippen LogP) is 4.54. The average Bonchev–Trinajstić information content (AvgIpc) is 2.75. The number of ether oxygens (including phenoxy) is 1. The lowest BCUT2D eigenvalue weighted by Gasteiger charge is -2.32. The van der Waals surface area contributed by atoms with Crippen LogP contribution in [0, 0.1) is 0 Å². The maximum Gasteiger partial charge on any atom is 0.169 e. The molecule has 2 aliphatic rings. The fraction of sp³-hybridized carbons (Fsp3) is 0.708. The molecule has 0 unspecified atom stereocenters. The first-order chi connectivity index (χ1) is 14.1. The highest BCUT2D eigenvalue weighted by atomic mass is 32.1. The smallest absolute Gasteiger partial charge is 0.169 e. The molecule has 1 aliphatic carbocycles. The van der Waals surface area contributed by atoms with Crippen LogP contribution in [0.25, 0.3) is 0 Å². The minimum absolute atomic E-state index is 0.557. The molecule has 1 aliphatic heterocycles. The SMILES string of the molecule is CC(C)c1ccc(CN(CCCN2CCOCC2)C(=S)NC2CCCCC2)cc1. The minimum Gasteiger partial charge on any atom is -0.379 e. The van der Waals surface area contributed by atoms with E-state index in [1.807, 2.05) is 0 Å². The molecule has 0 atom stereocenters. The van der Waals surface area contributed by atoms with Crippen molar-refractivity contribution in [3.63, 3.8) is 0 Å². The molecule has 4 nitrogen and oxygen atoms in total. The van der Waals surface area contributed by atoms with Crippen LogP contribution in [-0.4, -0.2) is 60.3 Å². The number of rotatable bonds is 8. The van der Waals surface area contributed by atoms with Crippen molar-refractivity contribution in [2.75, 3.05) is 39.4 Å². The number of nitrogens with zero attached hydrogens (tertiary/aromatic N) is 2. The highest BCUT2D eigenvalue weighted by molar-refractivity contribution is 7.80. The highest BCUT2D eigenvalue weighted by Gasteiger charge is 2.18. The molecular formula is C24H39N3OS. The molecular weight excluding hydrogens is 378 g/mol. The van der Waals surface area contributed by atoms with E-state index in [4.69, 9.17) is 17.0 Å². The topological polar surface area (TPSA) is 27.7 Å². The molecule has 0 bridgehead atoms. The molecule has 1 aromatic carbocycles. The van der Waals surface area contributed by atoms with Gasteiger partial charge in [-0.3, -0.25) is 4.90 Å². The van der Waals surface area contributed by atoms with Gasteiger partial charge < -0.3 is 15.0 Å². The van der Waals surface area contributed by atoms with Gasteiger partial charge >= 0.3 is 0 Å². The Hall–Kier alpha value is -1.17. The van der Waals surface area contributed by atoms with Gasteiger partial charge in [0.2, 0.25) is 0 Å². The zero-order valence-corrected chi connectivity index (χ0v) is 19.2. The third kappa shape index (κ3) is 7.54. The van der Waals surface area contributed by atoms with E-state index in [0.29, 0.717) is 12.0 Å². The summed E-state index contributed by atoms with van der Waals surface area (Å²) >= 11 is 5.87. The summed E-state index contributed by atoms with van der Waals surface area (Å²) in [7, 11) is 0. The first-order valence-electron chi connectivity index (χ1n) is 11.6. The molecule has 1 aromatic rings. The van der Waals surface area contributed by atoms with Gasteiger partial charge in [0.25, 0.3) is 0 Å². The summed E-state index contributed by atoms with van der Waals surface area (Å²) in [5.74, 6) is 0.572. The van der Waals surface area contributed by atoms with E-state index in [1.165, 1.54) is 43.2 Å². The van der Waals surface area contributed by atoms with Crippen molar-refractivity contribution in [1.29, 1.82) is 0 Å². The van der Waals surface area contributed by atoms with Gasteiger partial charge in [0.1, 0.15) is 0 Å². The van der Waals surface area contributed by atoms with Gasteiger partial charge in [0.15, 0.2) is 5.11 Å². The first-order valence-corrected chi connectivity index (χ1v) is 12.0.